The highest BCUT2D eigenvalue weighted by atomic mass is 79.9. The zero-order valence-electron chi connectivity index (χ0n) is 13.0. The molecule has 27 heavy (non-hydrogen) atoms. The zero-order chi connectivity index (χ0) is 20.4. The number of carbonyl (C=O) groups excluding carboxylic acids is 1. The number of carbonyl (C=O) groups is 1. The highest BCUT2D eigenvalue weighted by molar-refractivity contribution is 9.10. The summed E-state index contributed by atoms with van der Waals surface area (Å²) in [6.07, 6.45) is -15.4. The van der Waals surface area contributed by atoms with E-state index in [9.17, 15) is 31.1 Å². The molecule has 2 aromatic rings. The summed E-state index contributed by atoms with van der Waals surface area (Å²) in [7, 11) is 0. The quantitative estimate of drug-likeness (QED) is 0.401. The third kappa shape index (κ3) is 5.49. The Balaban J connectivity index is 2.19. The van der Waals surface area contributed by atoms with E-state index in [4.69, 9.17) is 5.73 Å². The first kappa shape index (κ1) is 20.8. The lowest BCUT2D eigenvalue weighted by molar-refractivity contribution is -0.300. The molecule has 0 atom stereocenters. The third-order valence-electron chi connectivity index (χ3n) is 3.05. The number of nitrogens with zero attached hydrogens (tertiary/aromatic N) is 1. The number of nitrogens with two attached hydrogens (primary N) is 1. The van der Waals surface area contributed by atoms with Gasteiger partial charge in [0.1, 0.15) is 4.60 Å². The van der Waals surface area contributed by atoms with E-state index < -0.39 is 30.2 Å². The molecule has 3 N–H and O–H groups in total. The van der Waals surface area contributed by atoms with Gasteiger partial charge in [0, 0.05) is 17.3 Å². The van der Waals surface area contributed by atoms with Crippen LogP contribution in [0.15, 0.2) is 41.0 Å². The first-order valence-corrected chi connectivity index (χ1v) is 7.81. The van der Waals surface area contributed by atoms with Crippen molar-refractivity contribution in [3.8, 4) is 5.88 Å². The smallest absolute Gasteiger partial charge is 0.434 e. The third-order valence-corrected chi connectivity index (χ3v) is 3.66. The van der Waals surface area contributed by atoms with Crippen molar-refractivity contribution in [2.24, 2.45) is 0 Å². The van der Waals surface area contributed by atoms with Crippen molar-refractivity contribution >= 4 is 33.2 Å². The van der Waals surface area contributed by atoms with Crippen LogP contribution < -0.4 is 15.8 Å². The minimum atomic E-state index is -5.67. The minimum Gasteiger partial charge on any atom is -0.455 e. The molecule has 0 saturated carbocycles. The van der Waals surface area contributed by atoms with Crippen molar-refractivity contribution in [1.82, 2.24) is 4.98 Å². The van der Waals surface area contributed by atoms with Crippen LogP contribution in [0.2, 0.25) is 0 Å². The Morgan fingerprint density at radius 2 is 1.74 bits per heavy atom. The van der Waals surface area contributed by atoms with Gasteiger partial charge < -0.3 is 15.8 Å². The second kappa shape index (κ2) is 7.62. The van der Waals surface area contributed by atoms with E-state index in [-0.39, 0.29) is 15.9 Å². The van der Waals surface area contributed by atoms with Gasteiger partial charge in [-0.1, -0.05) is 6.07 Å². The van der Waals surface area contributed by atoms with Gasteiger partial charge in [0.15, 0.2) is 0 Å². The molecule has 0 fully saturated rings. The van der Waals surface area contributed by atoms with Gasteiger partial charge in [0.25, 0.3) is 12.0 Å². The normalized spacial score (nSPS) is 12.1. The van der Waals surface area contributed by atoms with Crippen LogP contribution in [-0.2, 0) is 0 Å². The standard InChI is InChI=1S/C15H10BrF6N3O2/c16-11-9(24-12(26)7-2-1-3-8(23)6-7)4-5-10(25-11)27-13(14(17,18)19)15(20,21)22/h1-6,13H,23H2,(H,24,26). The van der Waals surface area contributed by atoms with Crippen LogP contribution in [0.4, 0.5) is 37.7 Å². The Bertz CT molecular complexity index is 827. The zero-order valence-corrected chi connectivity index (χ0v) is 14.6. The number of pyridine rings is 1. The number of nitrogens with one attached hydrogen (secondary N) is 1. The number of amides is 1. The molecule has 1 aromatic heterocycles. The van der Waals surface area contributed by atoms with E-state index in [0.29, 0.717) is 5.69 Å². The van der Waals surface area contributed by atoms with E-state index in [1.54, 1.807) is 6.07 Å². The summed E-state index contributed by atoms with van der Waals surface area (Å²) in [5, 5.41) is 2.39. The van der Waals surface area contributed by atoms with Crippen molar-refractivity contribution in [3.63, 3.8) is 0 Å². The number of benzene rings is 1. The van der Waals surface area contributed by atoms with Crippen LogP contribution in [0, 0.1) is 0 Å². The second-order valence-electron chi connectivity index (χ2n) is 5.15. The fraction of sp³-hybridized carbons (Fsp3) is 0.200. The van der Waals surface area contributed by atoms with Crippen molar-refractivity contribution in [2.75, 3.05) is 11.1 Å². The first-order chi connectivity index (χ1) is 12.4. The Labute approximate surface area is 156 Å². The fourth-order valence-electron chi connectivity index (χ4n) is 1.89. The number of alkyl halides is 6. The maximum absolute atomic E-state index is 12.5. The largest absolute Gasteiger partial charge is 0.455 e. The summed E-state index contributed by atoms with van der Waals surface area (Å²) in [5.74, 6) is -1.54. The van der Waals surface area contributed by atoms with E-state index in [1.807, 2.05) is 0 Å². The predicted molar refractivity (Wildman–Crippen MR) is 87.3 cm³/mol. The summed E-state index contributed by atoms with van der Waals surface area (Å²) in [4.78, 5) is 15.6. The van der Waals surface area contributed by atoms with Crippen LogP contribution in [0.3, 0.4) is 0 Å². The van der Waals surface area contributed by atoms with Gasteiger partial charge >= 0.3 is 12.4 Å². The Hall–Kier alpha value is -2.50. The van der Waals surface area contributed by atoms with Gasteiger partial charge in [0.2, 0.25) is 5.88 Å². The number of aromatic nitrogens is 1. The van der Waals surface area contributed by atoms with E-state index >= 15 is 0 Å². The van der Waals surface area contributed by atoms with E-state index in [0.717, 1.165) is 12.1 Å². The molecule has 12 heteroatoms. The molecule has 0 spiro atoms. The van der Waals surface area contributed by atoms with Gasteiger partial charge in [0.05, 0.1) is 5.69 Å². The van der Waals surface area contributed by atoms with Crippen molar-refractivity contribution in [2.45, 2.75) is 18.5 Å². The summed E-state index contributed by atoms with van der Waals surface area (Å²) in [6, 6.07) is 7.73. The molecule has 146 valence electrons. The molecular weight excluding hydrogens is 448 g/mol. The maximum Gasteiger partial charge on any atom is 0.434 e. The fourth-order valence-corrected chi connectivity index (χ4v) is 2.30. The lowest BCUT2D eigenvalue weighted by Gasteiger charge is -2.23. The van der Waals surface area contributed by atoms with E-state index in [1.165, 1.54) is 18.2 Å². The molecule has 0 bridgehead atoms. The molecule has 1 amide bonds. The van der Waals surface area contributed by atoms with Gasteiger partial charge in [-0.25, -0.2) is 4.98 Å². The number of hydrogen-bond donors (Lipinski definition) is 2. The second-order valence-corrected chi connectivity index (χ2v) is 5.90. The predicted octanol–water partition coefficient (Wildman–Crippen LogP) is 4.55. The average molecular weight is 458 g/mol. The SMILES string of the molecule is Nc1cccc(C(=O)Nc2ccc(OC(C(F)(F)F)C(F)(F)F)nc2Br)c1. The topological polar surface area (TPSA) is 77.2 Å². The molecular formula is C15H10BrF6N3O2. The van der Waals surface area contributed by atoms with Crippen LogP contribution in [0.25, 0.3) is 0 Å². The van der Waals surface area contributed by atoms with Crippen molar-refractivity contribution in [3.05, 3.63) is 46.6 Å². The van der Waals surface area contributed by atoms with Crippen LogP contribution in [-0.4, -0.2) is 29.3 Å². The molecule has 0 unspecified atom stereocenters. The molecule has 1 aromatic carbocycles. The molecule has 0 aliphatic carbocycles. The van der Waals surface area contributed by atoms with Crippen LogP contribution in [0.1, 0.15) is 10.4 Å². The lowest BCUT2D eigenvalue weighted by Crippen LogP contribution is -2.46. The molecule has 1 heterocycles. The van der Waals surface area contributed by atoms with Crippen molar-refractivity contribution < 1.29 is 35.9 Å². The summed E-state index contributed by atoms with van der Waals surface area (Å²) in [5.41, 5.74) is 6.08. The monoisotopic (exact) mass is 457 g/mol. The number of ether oxygens (including phenoxy) is 1. The maximum atomic E-state index is 12.5. The van der Waals surface area contributed by atoms with Gasteiger partial charge in [-0.15, -0.1) is 0 Å². The number of halogens is 7. The first-order valence-electron chi connectivity index (χ1n) is 7.01. The number of hydrogen-bond acceptors (Lipinski definition) is 4. The van der Waals surface area contributed by atoms with Crippen LogP contribution >= 0.6 is 15.9 Å². The lowest BCUT2D eigenvalue weighted by atomic mass is 10.2. The van der Waals surface area contributed by atoms with Crippen molar-refractivity contribution in [1.29, 1.82) is 0 Å². The molecule has 0 aliphatic rings. The van der Waals surface area contributed by atoms with Gasteiger partial charge in [-0.2, -0.15) is 26.3 Å². The number of rotatable bonds is 4. The molecule has 0 radical (unpaired) electrons. The molecule has 0 saturated heterocycles. The Morgan fingerprint density at radius 1 is 1.11 bits per heavy atom. The average Bonchev–Trinajstić information content (AvgIpc) is 2.52. The molecule has 5 nitrogen and oxygen atoms in total. The van der Waals surface area contributed by atoms with Gasteiger partial charge in [-0.05, 0) is 40.2 Å². The number of anilines is 2. The Morgan fingerprint density at radius 3 is 2.26 bits per heavy atom. The summed E-state index contributed by atoms with van der Waals surface area (Å²) < 4.78 is 78.9. The Kier molecular flexibility index (Phi) is 5.88. The highest BCUT2D eigenvalue weighted by Gasteiger charge is 2.59. The van der Waals surface area contributed by atoms with Crippen LogP contribution in [0.5, 0.6) is 5.88 Å². The van der Waals surface area contributed by atoms with Gasteiger partial charge in [-0.3, -0.25) is 4.79 Å². The minimum absolute atomic E-state index is 0.00495. The molecule has 2 rings (SSSR count). The van der Waals surface area contributed by atoms with E-state index in [2.05, 4.69) is 31.0 Å². The molecule has 0 aliphatic heterocycles. The summed E-state index contributed by atoms with van der Waals surface area (Å²) in [6.45, 7) is 0. The highest BCUT2D eigenvalue weighted by Crippen LogP contribution is 2.36. The summed E-state index contributed by atoms with van der Waals surface area (Å²) >= 11 is 2.86. The number of nitrogen functional groups attached to an aromatic ring is 1.